The van der Waals surface area contributed by atoms with Gasteiger partial charge in [0.05, 0.1) is 11.5 Å². The van der Waals surface area contributed by atoms with Gasteiger partial charge in [0.1, 0.15) is 6.61 Å². The number of carbonyl (C=O) groups excluding carboxylic acids is 3. The summed E-state index contributed by atoms with van der Waals surface area (Å²) in [6.07, 6.45) is 2.53. The molecule has 1 unspecified atom stereocenters. The number of hydrogen-bond acceptors (Lipinski definition) is 7. The van der Waals surface area contributed by atoms with Crippen molar-refractivity contribution >= 4 is 29.2 Å². The summed E-state index contributed by atoms with van der Waals surface area (Å²) in [5.74, 6) is -2.29. The van der Waals surface area contributed by atoms with Crippen molar-refractivity contribution in [3.8, 4) is 0 Å². The second kappa shape index (κ2) is 10.3. The van der Waals surface area contributed by atoms with Gasteiger partial charge in [-0.2, -0.15) is 4.79 Å². The molecule has 1 N–H and O–H groups in total. The smallest absolute Gasteiger partial charge is 0.457 e. The first-order valence-electron chi connectivity index (χ1n) is 9.35. The fraction of sp³-hybridized carbons (Fsp3) is 0.474. The Labute approximate surface area is 172 Å². The van der Waals surface area contributed by atoms with Crippen molar-refractivity contribution in [3.63, 3.8) is 0 Å². The Bertz CT molecular complexity index is 877. The van der Waals surface area contributed by atoms with E-state index in [2.05, 4.69) is 10.1 Å². The highest BCUT2D eigenvalue weighted by Crippen LogP contribution is 2.31. The Kier molecular flexibility index (Phi) is 7.76. The lowest BCUT2D eigenvalue weighted by molar-refractivity contribution is -0.384. The molecule has 1 saturated heterocycles. The third-order valence-corrected chi connectivity index (χ3v) is 4.87. The molecule has 0 bridgehead atoms. The molecule has 0 spiro atoms. The summed E-state index contributed by atoms with van der Waals surface area (Å²) in [4.78, 5) is 48.3. The minimum Gasteiger partial charge on any atom is -0.457 e. The van der Waals surface area contributed by atoms with Crippen LogP contribution in [-0.4, -0.2) is 46.4 Å². The molecule has 1 atom stereocenters. The van der Waals surface area contributed by atoms with Crippen molar-refractivity contribution in [2.45, 2.75) is 39.2 Å². The molecule has 1 aliphatic rings. The van der Waals surface area contributed by atoms with Gasteiger partial charge in [-0.05, 0) is 43.4 Å². The minimum atomic E-state index is -1.18. The van der Waals surface area contributed by atoms with Crippen LogP contribution in [0.3, 0.4) is 0 Å². The van der Waals surface area contributed by atoms with Gasteiger partial charge in [-0.3, -0.25) is 14.9 Å². The van der Waals surface area contributed by atoms with Crippen molar-refractivity contribution < 1.29 is 33.6 Å². The van der Waals surface area contributed by atoms with Gasteiger partial charge >= 0.3 is 17.7 Å². The largest absolute Gasteiger partial charge is 0.482 e. The van der Waals surface area contributed by atoms with Crippen LogP contribution in [0.4, 0.5) is 5.69 Å². The van der Waals surface area contributed by atoms with E-state index in [1.54, 1.807) is 0 Å². The van der Waals surface area contributed by atoms with E-state index in [9.17, 15) is 24.5 Å². The number of amides is 1. The average molecular weight is 418 g/mol. The Morgan fingerprint density at radius 3 is 2.47 bits per heavy atom. The lowest BCUT2D eigenvalue weighted by atomic mass is 9.83. The predicted molar refractivity (Wildman–Crippen MR) is 102 cm³/mol. The van der Waals surface area contributed by atoms with Crippen LogP contribution in [0.2, 0.25) is 0 Å². The molecule has 160 valence electrons. The van der Waals surface area contributed by atoms with Gasteiger partial charge in [0, 0.05) is 24.1 Å². The highest BCUT2D eigenvalue weighted by atomic mass is 16.6. The van der Waals surface area contributed by atoms with E-state index in [1.165, 1.54) is 24.3 Å². The van der Waals surface area contributed by atoms with Crippen molar-refractivity contribution in [1.29, 1.82) is 0 Å². The quantitative estimate of drug-likeness (QED) is 0.0881. The zero-order valence-electron chi connectivity index (χ0n) is 16.5. The molecule has 1 aliphatic heterocycles. The SMILES string of the molecule is CC1(CCCCOC(=O)C(=[N+]=[N-])C(=O)OCc2ccc([N+](=O)[O-])cc2)CCNC1=O. The van der Waals surface area contributed by atoms with Crippen LogP contribution in [0.25, 0.3) is 5.53 Å². The molecule has 0 aromatic heterocycles. The summed E-state index contributed by atoms with van der Waals surface area (Å²) in [6, 6.07) is 5.28. The van der Waals surface area contributed by atoms with E-state index in [0.717, 1.165) is 6.42 Å². The van der Waals surface area contributed by atoms with Gasteiger partial charge in [0.25, 0.3) is 5.69 Å². The number of nitrogens with zero attached hydrogens (tertiary/aromatic N) is 3. The second-order valence-electron chi connectivity index (χ2n) is 7.11. The summed E-state index contributed by atoms with van der Waals surface area (Å²) in [5, 5.41) is 13.4. The van der Waals surface area contributed by atoms with Crippen LogP contribution in [0.5, 0.6) is 0 Å². The molecule has 11 nitrogen and oxygen atoms in total. The molecule has 0 aliphatic carbocycles. The molecule has 1 aromatic rings. The van der Waals surface area contributed by atoms with Crippen LogP contribution >= 0.6 is 0 Å². The number of esters is 2. The van der Waals surface area contributed by atoms with Gasteiger partial charge in [-0.1, -0.05) is 6.92 Å². The van der Waals surface area contributed by atoms with Gasteiger partial charge in [-0.15, -0.1) is 0 Å². The third-order valence-electron chi connectivity index (χ3n) is 4.87. The molecule has 1 fully saturated rings. The number of benzene rings is 1. The Balaban J connectivity index is 1.74. The van der Waals surface area contributed by atoms with Crippen molar-refractivity contribution in [3.05, 3.63) is 45.5 Å². The number of unbranched alkanes of at least 4 members (excludes halogenated alkanes) is 1. The number of non-ortho nitro benzene ring substituents is 1. The molecule has 2 rings (SSSR count). The zero-order valence-corrected chi connectivity index (χ0v) is 16.5. The maximum Gasteiger partial charge on any atom is 0.482 e. The lowest BCUT2D eigenvalue weighted by Crippen LogP contribution is -2.30. The Hall–Kier alpha value is -3.59. The van der Waals surface area contributed by atoms with Crippen LogP contribution in [0, 0.1) is 15.5 Å². The lowest BCUT2D eigenvalue weighted by Gasteiger charge is -2.19. The summed E-state index contributed by atoms with van der Waals surface area (Å²) in [5.41, 5.74) is 7.95. The highest BCUT2D eigenvalue weighted by molar-refractivity contribution is 6.60. The van der Waals surface area contributed by atoms with Crippen LogP contribution < -0.4 is 5.32 Å². The van der Waals surface area contributed by atoms with Crippen molar-refractivity contribution in [2.24, 2.45) is 5.41 Å². The Morgan fingerprint density at radius 2 is 1.90 bits per heavy atom. The topological polar surface area (TPSA) is 161 Å². The number of hydrogen-bond donors (Lipinski definition) is 1. The monoisotopic (exact) mass is 418 g/mol. The van der Waals surface area contributed by atoms with Gasteiger partial charge < -0.3 is 20.3 Å². The first kappa shape index (κ1) is 22.7. The summed E-state index contributed by atoms with van der Waals surface area (Å²) >= 11 is 0. The van der Waals surface area contributed by atoms with E-state index in [-0.39, 0.29) is 24.8 Å². The van der Waals surface area contributed by atoms with E-state index < -0.39 is 28.0 Å². The fourth-order valence-electron chi connectivity index (χ4n) is 2.96. The molecule has 30 heavy (non-hydrogen) atoms. The van der Waals surface area contributed by atoms with E-state index in [0.29, 0.717) is 31.4 Å². The summed E-state index contributed by atoms with van der Waals surface area (Å²) < 4.78 is 9.81. The standard InChI is InChI=1S/C19H22N4O7/c1-19(9-10-21-18(19)26)8-2-3-11-29-16(24)15(22-20)17(25)30-12-13-4-6-14(7-5-13)23(27)28/h4-7H,2-3,8-12H2,1H3,(H,21,26). The van der Waals surface area contributed by atoms with E-state index >= 15 is 0 Å². The molecular weight excluding hydrogens is 396 g/mol. The summed E-state index contributed by atoms with van der Waals surface area (Å²) in [7, 11) is 0. The number of nitrogens with one attached hydrogen (secondary N) is 1. The maximum absolute atomic E-state index is 11.9. The van der Waals surface area contributed by atoms with Gasteiger partial charge in [0.15, 0.2) is 0 Å². The number of rotatable bonds is 10. The first-order chi connectivity index (χ1) is 14.3. The second-order valence-corrected chi connectivity index (χ2v) is 7.11. The first-order valence-corrected chi connectivity index (χ1v) is 9.35. The number of ether oxygens (including phenoxy) is 2. The van der Waals surface area contributed by atoms with Crippen molar-refractivity contribution in [2.75, 3.05) is 13.2 Å². The molecule has 1 aromatic carbocycles. The molecule has 1 amide bonds. The van der Waals surface area contributed by atoms with Crippen molar-refractivity contribution in [1.82, 2.24) is 5.32 Å². The molecule has 0 saturated carbocycles. The number of nitro groups is 1. The average Bonchev–Trinajstić information content (AvgIpc) is 3.05. The zero-order chi connectivity index (χ0) is 22.1. The maximum atomic E-state index is 11.9. The third kappa shape index (κ3) is 5.95. The minimum absolute atomic E-state index is 0.00875. The highest BCUT2D eigenvalue weighted by Gasteiger charge is 2.37. The normalized spacial score (nSPS) is 17.6. The number of carbonyl (C=O) groups is 3. The van der Waals surface area contributed by atoms with Gasteiger partial charge in [-0.25, -0.2) is 9.59 Å². The van der Waals surface area contributed by atoms with Crippen LogP contribution in [0.1, 0.15) is 38.2 Å². The summed E-state index contributed by atoms with van der Waals surface area (Å²) in [6.45, 7) is 2.26. The Morgan fingerprint density at radius 1 is 1.23 bits per heavy atom. The molecule has 0 radical (unpaired) electrons. The molecule has 1 heterocycles. The van der Waals surface area contributed by atoms with Gasteiger partial charge in [0.2, 0.25) is 5.91 Å². The van der Waals surface area contributed by atoms with E-state index in [4.69, 9.17) is 15.0 Å². The number of nitro benzene ring substituents is 1. The van der Waals surface area contributed by atoms with Crippen LogP contribution in [-0.2, 0) is 30.5 Å². The molecule has 11 heteroatoms. The molecular formula is C19H22N4O7. The van der Waals surface area contributed by atoms with E-state index in [1.807, 2.05) is 6.92 Å². The fourth-order valence-corrected chi connectivity index (χ4v) is 2.96. The predicted octanol–water partition coefficient (Wildman–Crippen LogP) is 1.55. The van der Waals surface area contributed by atoms with Crippen LogP contribution in [0.15, 0.2) is 24.3 Å².